The zero-order valence-corrected chi connectivity index (χ0v) is 10.3. The van der Waals surface area contributed by atoms with Gasteiger partial charge in [-0.1, -0.05) is 19.8 Å². The van der Waals surface area contributed by atoms with Gasteiger partial charge in [-0.05, 0) is 25.8 Å². The molecule has 2 nitrogen and oxygen atoms in total. The van der Waals surface area contributed by atoms with Gasteiger partial charge in [-0.3, -0.25) is 0 Å². The summed E-state index contributed by atoms with van der Waals surface area (Å²) in [4.78, 5) is 1.71. The molecule has 0 heterocycles. The van der Waals surface area contributed by atoms with E-state index in [1.54, 1.807) is 11.9 Å². The molecule has 0 aromatic heterocycles. The Balaban J connectivity index is 2.53. The van der Waals surface area contributed by atoms with Crippen molar-refractivity contribution < 1.29 is 13.2 Å². The van der Waals surface area contributed by atoms with E-state index < -0.39 is 12.1 Å². The molecule has 0 aromatic rings. The first-order chi connectivity index (χ1) is 7.84. The van der Waals surface area contributed by atoms with Crippen LogP contribution in [0.15, 0.2) is 0 Å². The number of nitrogens with zero attached hydrogens (tertiary/aromatic N) is 2. The van der Waals surface area contributed by atoms with Crippen LogP contribution in [0.3, 0.4) is 0 Å². The SMILES string of the molecule is CC1CCCC(N(C)CC(C#N)C(F)(F)F)C1. The average molecular weight is 248 g/mol. The maximum atomic E-state index is 12.5. The first kappa shape index (κ1) is 14.3. The summed E-state index contributed by atoms with van der Waals surface area (Å²) in [6.07, 6.45) is -0.308. The van der Waals surface area contributed by atoms with Crippen molar-refractivity contribution in [2.75, 3.05) is 13.6 Å². The van der Waals surface area contributed by atoms with Gasteiger partial charge in [0.05, 0.1) is 6.07 Å². The Bertz CT molecular complexity index is 282. The van der Waals surface area contributed by atoms with E-state index in [-0.39, 0.29) is 12.6 Å². The molecule has 0 N–H and O–H groups in total. The topological polar surface area (TPSA) is 27.0 Å². The Morgan fingerprint density at radius 3 is 2.53 bits per heavy atom. The summed E-state index contributed by atoms with van der Waals surface area (Å²) >= 11 is 0. The van der Waals surface area contributed by atoms with Crippen LogP contribution >= 0.6 is 0 Å². The molecule has 0 amide bonds. The molecule has 3 atom stereocenters. The highest BCUT2D eigenvalue weighted by Gasteiger charge is 2.41. The third-order valence-corrected chi connectivity index (χ3v) is 3.55. The maximum Gasteiger partial charge on any atom is 0.405 e. The summed E-state index contributed by atoms with van der Waals surface area (Å²) in [5, 5.41) is 8.56. The highest BCUT2D eigenvalue weighted by atomic mass is 19.4. The van der Waals surface area contributed by atoms with Gasteiger partial charge in [0.25, 0.3) is 0 Å². The molecule has 1 rings (SSSR count). The molecule has 1 fully saturated rings. The molecule has 0 spiro atoms. The Labute approximate surface area is 100 Å². The molecular weight excluding hydrogens is 229 g/mol. The lowest BCUT2D eigenvalue weighted by Gasteiger charge is -2.35. The van der Waals surface area contributed by atoms with Gasteiger partial charge in [0.15, 0.2) is 5.92 Å². The van der Waals surface area contributed by atoms with Crippen molar-refractivity contribution in [3.05, 3.63) is 0 Å². The number of nitriles is 1. The van der Waals surface area contributed by atoms with Crippen LogP contribution in [-0.2, 0) is 0 Å². The Kier molecular flexibility index (Phi) is 4.81. The van der Waals surface area contributed by atoms with Crippen LogP contribution in [0.25, 0.3) is 0 Å². The van der Waals surface area contributed by atoms with E-state index in [2.05, 4.69) is 6.92 Å². The molecule has 0 aliphatic heterocycles. The zero-order chi connectivity index (χ0) is 13.1. The van der Waals surface area contributed by atoms with Gasteiger partial charge < -0.3 is 4.90 Å². The number of halogens is 3. The van der Waals surface area contributed by atoms with Crippen molar-refractivity contribution in [1.82, 2.24) is 4.90 Å². The second kappa shape index (κ2) is 5.72. The molecule has 0 aromatic carbocycles. The average Bonchev–Trinajstić information content (AvgIpc) is 2.23. The summed E-state index contributed by atoms with van der Waals surface area (Å²) in [6, 6.07) is 1.55. The van der Waals surface area contributed by atoms with E-state index >= 15 is 0 Å². The minimum atomic E-state index is -4.41. The predicted molar refractivity (Wildman–Crippen MR) is 59.2 cm³/mol. The van der Waals surface area contributed by atoms with Gasteiger partial charge in [-0.15, -0.1) is 0 Å². The standard InChI is InChI=1S/C12H19F3N2/c1-9-4-3-5-11(6-9)17(2)8-10(7-16)12(13,14)15/h9-11H,3-6,8H2,1-2H3. The molecule has 0 saturated heterocycles. The van der Waals surface area contributed by atoms with Gasteiger partial charge in [0.2, 0.25) is 0 Å². The lowest BCUT2D eigenvalue weighted by molar-refractivity contribution is -0.164. The summed E-state index contributed by atoms with van der Waals surface area (Å²) in [7, 11) is 1.69. The van der Waals surface area contributed by atoms with Crippen LogP contribution in [0, 0.1) is 23.2 Å². The molecule has 1 saturated carbocycles. The van der Waals surface area contributed by atoms with E-state index in [9.17, 15) is 13.2 Å². The summed E-state index contributed by atoms with van der Waals surface area (Å²) in [6.45, 7) is 1.92. The van der Waals surface area contributed by atoms with Crippen LogP contribution < -0.4 is 0 Å². The molecular formula is C12H19F3N2. The second-order valence-corrected chi connectivity index (χ2v) is 5.09. The Hall–Kier alpha value is -0.760. The van der Waals surface area contributed by atoms with E-state index in [0.29, 0.717) is 5.92 Å². The monoisotopic (exact) mass is 248 g/mol. The largest absolute Gasteiger partial charge is 0.405 e. The van der Waals surface area contributed by atoms with Crippen LogP contribution in [0.5, 0.6) is 0 Å². The van der Waals surface area contributed by atoms with Gasteiger partial charge >= 0.3 is 6.18 Å². The van der Waals surface area contributed by atoms with Gasteiger partial charge in [-0.2, -0.15) is 18.4 Å². The normalized spacial score (nSPS) is 27.8. The first-order valence-corrected chi connectivity index (χ1v) is 6.01. The fraction of sp³-hybridized carbons (Fsp3) is 0.917. The van der Waals surface area contributed by atoms with Crippen molar-refractivity contribution in [2.45, 2.75) is 44.8 Å². The minimum Gasteiger partial charge on any atom is -0.302 e. The molecule has 5 heteroatoms. The van der Waals surface area contributed by atoms with Crippen LogP contribution in [0.4, 0.5) is 13.2 Å². The highest BCUT2D eigenvalue weighted by Crippen LogP contribution is 2.30. The van der Waals surface area contributed by atoms with E-state index in [4.69, 9.17) is 5.26 Å². The van der Waals surface area contributed by atoms with E-state index in [1.165, 1.54) is 6.07 Å². The van der Waals surface area contributed by atoms with Crippen LogP contribution in [0.2, 0.25) is 0 Å². The molecule has 0 bridgehead atoms. The summed E-state index contributed by atoms with van der Waals surface area (Å²) in [5.41, 5.74) is 0. The smallest absolute Gasteiger partial charge is 0.302 e. The second-order valence-electron chi connectivity index (χ2n) is 5.09. The first-order valence-electron chi connectivity index (χ1n) is 6.01. The highest BCUT2D eigenvalue weighted by molar-refractivity contribution is 4.91. The van der Waals surface area contributed by atoms with Crippen molar-refractivity contribution in [2.24, 2.45) is 11.8 Å². The van der Waals surface area contributed by atoms with Crippen LogP contribution in [-0.4, -0.2) is 30.7 Å². The number of rotatable bonds is 3. The molecule has 1 aliphatic carbocycles. The number of hydrogen-bond donors (Lipinski definition) is 0. The Morgan fingerprint density at radius 2 is 2.06 bits per heavy atom. The van der Waals surface area contributed by atoms with Crippen LogP contribution in [0.1, 0.15) is 32.6 Å². The van der Waals surface area contributed by atoms with Gasteiger partial charge in [-0.25, -0.2) is 0 Å². The van der Waals surface area contributed by atoms with Crippen molar-refractivity contribution in [3.8, 4) is 6.07 Å². The van der Waals surface area contributed by atoms with E-state index in [0.717, 1.165) is 25.7 Å². The zero-order valence-electron chi connectivity index (χ0n) is 10.3. The molecule has 0 radical (unpaired) electrons. The van der Waals surface area contributed by atoms with Gasteiger partial charge in [0, 0.05) is 12.6 Å². The van der Waals surface area contributed by atoms with Crippen molar-refractivity contribution in [1.29, 1.82) is 5.26 Å². The van der Waals surface area contributed by atoms with Crippen molar-refractivity contribution in [3.63, 3.8) is 0 Å². The Morgan fingerprint density at radius 1 is 1.41 bits per heavy atom. The predicted octanol–water partition coefficient (Wildman–Crippen LogP) is 3.20. The third kappa shape index (κ3) is 4.19. The van der Waals surface area contributed by atoms with E-state index in [1.807, 2.05) is 0 Å². The summed E-state index contributed by atoms with van der Waals surface area (Å²) in [5.74, 6) is -1.30. The summed E-state index contributed by atoms with van der Waals surface area (Å²) < 4.78 is 37.4. The fourth-order valence-corrected chi connectivity index (χ4v) is 2.46. The molecule has 3 unspecified atom stereocenters. The number of alkyl halides is 3. The molecule has 1 aliphatic rings. The lowest BCUT2D eigenvalue weighted by Crippen LogP contribution is -2.41. The third-order valence-electron chi connectivity index (χ3n) is 3.55. The van der Waals surface area contributed by atoms with Gasteiger partial charge in [0.1, 0.15) is 0 Å². The quantitative estimate of drug-likeness (QED) is 0.767. The fourth-order valence-electron chi connectivity index (χ4n) is 2.46. The maximum absolute atomic E-state index is 12.5. The van der Waals surface area contributed by atoms with Crippen molar-refractivity contribution >= 4 is 0 Å². The lowest BCUT2D eigenvalue weighted by atomic mass is 9.86. The molecule has 98 valence electrons. The minimum absolute atomic E-state index is 0.192. The number of hydrogen-bond acceptors (Lipinski definition) is 2. The molecule has 17 heavy (non-hydrogen) atoms.